The highest BCUT2D eigenvalue weighted by atomic mass is 32.1. The number of carbonyl (C=O) groups is 2. The summed E-state index contributed by atoms with van der Waals surface area (Å²) in [5, 5.41) is 2.01. The molecule has 0 fully saturated rings. The summed E-state index contributed by atoms with van der Waals surface area (Å²) < 4.78 is 10.8. The van der Waals surface area contributed by atoms with Crippen molar-refractivity contribution in [3.63, 3.8) is 0 Å². The predicted octanol–water partition coefficient (Wildman–Crippen LogP) is 4.82. The van der Waals surface area contributed by atoms with Crippen molar-refractivity contribution in [2.75, 3.05) is 27.3 Å². The van der Waals surface area contributed by atoms with E-state index >= 15 is 0 Å². The fraction of sp³-hybridized carbons (Fsp3) is 0.357. The van der Waals surface area contributed by atoms with Gasteiger partial charge in [-0.05, 0) is 55.0 Å². The molecule has 3 rings (SSSR count). The second kappa shape index (κ2) is 13.0. The Morgan fingerprint density at radius 1 is 0.886 bits per heavy atom. The summed E-state index contributed by atoms with van der Waals surface area (Å²) in [7, 11) is 3.22. The Morgan fingerprint density at radius 3 is 2.26 bits per heavy atom. The molecule has 0 radical (unpaired) electrons. The van der Waals surface area contributed by atoms with Crippen molar-refractivity contribution >= 4 is 23.2 Å². The lowest BCUT2D eigenvalue weighted by atomic mass is 10.1. The molecule has 0 unspecified atom stereocenters. The molecule has 1 heterocycles. The highest BCUT2D eigenvalue weighted by Gasteiger charge is 2.24. The van der Waals surface area contributed by atoms with Gasteiger partial charge in [-0.3, -0.25) is 9.59 Å². The summed E-state index contributed by atoms with van der Waals surface area (Å²) in [5.74, 6) is 1.23. The first-order valence-corrected chi connectivity index (χ1v) is 12.6. The Balaban J connectivity index is 1.72. The van der Waals surface area contributed by atoms with Gasteiger partial charge in [-0.15, -0.1) is 11.3 Å². The monoisotopic (exact) mass is 494 g/mol. The van der Waals surface area contributed by atoms with E-state index in [-0.39, 0.29) is 30.8 Å². The number of hydrogen-bond donors (Lipinski definition) is 0. The van der Waals surface area contributed by atoms with Crippen LogP contribution in [0.1, 0.15) is 29.9 Å². The third-order valence-corrected chi connectivity index (χ3v) is 6.71. The van der Waals surface area contributed by atoms with Crippen molar-refractivity contribution in [1.29, 1.82) is 0 Å². The molecule has 0 aliphatic heterocycles. The number of ether oxygens (including phenoxy) is 2. The quantitative estimate of drug-likeness (QED) is 0.362. The Kier molecular flexibility index (Phi) is 9.73. The van der Waals surface area contributed by atoms with Crippen LogP contribution in [-0.2, 0) is 29.0 Å². The molecule has 0 aliphatic carbocycles. The molecular weight excluding hydrogens is 460 g/mol. The van der Waals surface area contributed by atoms with E-state index in [9.17, 15) is 9.59 Å². The number of amides is 2. The van der Waals surface area contributed by atoms with Crippen LogP contribution in [0.2, 0.25) is 0 Å². The number of carbonyl (C=O) groups excluding carboxylic acids is 2. The molecule has 0 spiro atoms. The third-order valence-electron chi connectivity index (χ3n) is 5.85. The highest BCUT2D eigenvalue weighted by molar-refractivity contribution is 7.09. The van der Waals surface area contributed by atoms with Crippen molar-refractivity contribution in [2.45, 2.75) is 39.3 Å². The molecule has 0 saturated heterocycles. The van der Waals surface area contributed by atoms with Gasteiger partial charge >= 0.3 is 0 Å². The second-order valence-electron chi connectivity index (χ2n) is 8.61. The number of nitrogens with zero attached hydrogens (tertiary/aromatic N) is 2. The van der Waals surface area contributed by atoms with Crippen LogP contribution in [-0.4, -0.2) is 55.0 Å². The molecule has 1 aromatic heterocycles. The van der Waals surface area contributed by atoms with Crippen molar-refractivity contribution in [3.8, 4) is 11.5 Å². The van der Waals surface area contributed by atoms with Crippen LogP contribution in [0.25, 0.3) is 0 Å². The molecule has 3 aromatic rings. The van der Waals surface area contributed by atoms with Gasteiger partial charge in [0, 0.05) is 17.5 Å². The Labute approximate surface area is 212 Å². The highest BCUT2D eigenvalue weighted by Crippen LogP contribution is 2.28. The molecule has 0 aliphatic rings. The van der Waals surface area contributed by atoms with Crippen molar-refractivity contribution in [3.05, 3.63) is 82.0 Å². The van der Waals surface area contributed by atoms with E-state index in [4.69, 9.17) is 9.47 Å². The van der Waals surface area contributed by atoms with E-state index in [2.05, 4.69) is 0 Å². The summed E-state index contributed by atoms with van der Waals surface area (Å²) in [5.41, 5.74) is 1.99. The van der Waals surface area contributed by atoms with Crippen LogP contribution < -0.4 is 9.47 Å². The van der Waals surface area contributed by atoms with Crippen LogP contribution in [0.4, 0.5) is 0 Å². The standard InChI is InChI=1S/C28H34N2O4S/c1-21(2)30(27(31)18-22-9-6-5-7-10-22)20-28(32)29(19-24-11-8-16-35-24)15-14-23-12-13-25(33-3)26(17-23)34-4/h5-13,16-17,21H,14-15,18-20H2,1-4H3. The average molecular weight is 495 g/mol. The van der Waals surface area contributed by atoms with Crippen LogP contribution in [0.5, 0.6) is 11.5 Å². The summed E-state index contributed by atoms with van der Waals surface area (Å²) >= 11 is 1.62. The van der Waals surface area contributed by atoms with Gasteiger partial charge in [0.1, 0.15) is 0 Å². The van der Waals surface area contributed by atoms with E-state index in [0.29, 0.717) is 31.0 Å². The van der Waals surface area contributed by atoms with E-state index in [0.717, 1.165) is 16.0 Å². The SMILES string of the molecule is COc1ccc(CCN(Cc2cccs2)C(=O)CN(C(=O)Cc2ccccc2)C(C)C)cc1OC. The first-order chi connectivity index (χ1) is 16.9. The van der Waals surface area contributed by atoms with Crippen LogP contribution >= 0.6 is 11.3 Å². The van der Waals surface area contributed by atoms with Gasteiger partial charge in [0.25, 0.3) is 0 Å². The maximum absolute atomic E-state index is 13.5. The van der Waals surface area contributed by atoms with Crippen LogP contribution in [0, 0.1) is 0 Å². The maximum atomic E-state index is 13.5. The molecule has 0 bridgehead atoms. The summed E-state index contributed by atoms with van der Waals surface area (Å²) in [6.07, 6.45) is 0.944. The smallest absolute Gasteiger partial charge is 0.242 e. The topological polar surface area (TPSA) is 59.1 Å². The Hall–Kier alpha value is -3.32. The number of hydrogen-bond acceptors (Lipinski definition) is 5. The second-order valence-corrected chi connectivity index (χ2v) is 9.64. The van der Waals surface area contributed by atoms with E-state index in [1.807, 2.05) is 84.8 Å². The molecule has 0 N–H and O–H groups in total. The third kappa shape index (κ3) is 7.59. The number of thiophene rings is 1. The number of rotatable bonds is 12. The van der Waals surface area contributed by atoms with Gasteiger partial charge in [-0.2, -0.15) is 0 Å². The van der Waals surface area contributed by atoms with Crippen molar-refractivity contribution < 1.29 is 19.1 Å². The number of benzene rings is 2. The maximum Gasteiger partial charge on any atom is 0.242 e. The Morgan fingerprint density at radius 2 is 1.63 bits per heavy atom. The summed E-state index contributed by atoms with van der Waals surface area (Å²) in [4.78, 5) is 31.2. The fourth-order valence-corrected chi connectivity index (χ4v) is 4.58. The zero-order valence-corrected chi connectivity index (χ0v) is 21.7. The molecule has 186 valence electrons. The molecular formula is C28H34N2O4S. The minimum atomic E-state index is -0.0791. The molecule has 0 saturated carbocycles. The fourth-order valence-electron chi connectivity index (χ4n) is 3.86. The Bertz CT molecular complexity index is 1080. The lowest BCUT2D eigenvalue weighted by Crippen LogP contribution is -2.46. The van der Waals surface area contributed by atoms with Gasteiger partial charge in [0.15, 0.2) is 11.5 Å². The van der Waals surface area contributed by atoms with Crippen molar-refractivity contribution in [1.82, 2.24) is 9.80 Å². The largest absolute Gasteiger partial charge is 0.493 e. The molecule has 0 atom stereocenters. The summed E-state index contributed by atoms with van der Waals surface area (Å²) in [6.45, 7) is 5.00. The minimum absolute atomic E-state index is 0.0458. The molecule has 6 nitrogen and oxygen atoms in total. The van der Waals surface area contributed by atoms with E-state index in [1.165, 1.54) is 0 Å². The normalized spacial score (nSPS) is 10.8. The predicted molar refractivity (Wildman–Crippen MR) is 140 cm³/mol. The minimum Gasteiger partial charge on any atom is -0.493 e. The average Bonchev–Trinajstić information content (AvgIpc) is 3.38. The van der Waals surface area contributed by atoms with Gasteiger partial charge in [0.05, 0.1) is 33.7 Å². The summed E-state index contributed by atoms with van der Waals surface area (Å²) in [6, 6.07) is 19.4. The van der Waals surface area contributed by atoms with Crippen LogP contribution in [0.3, 0.4) is 0 Å². The zero-order chi connectivity index (χ0) is 25.2. The van der Waals surface area contributed by atoms with Crippen LogP contribution in [0.15, 0.2) is 66.0 Å². The van der Waals surface area contributed by atoms with Gasteiger partial charge in [-0.25, -0.2) is 0 Å². The number of methoxy groups -OCH3 is 2. The van der Waals surface area contributed by atoms with E-state index < -0.39 is 0 Å². The lowest BCUT2D eigenvalue weighted by Gasteiger charge is -2.30. The first-order valence-electron chi connectivity index (χ1n) is 11.8. The molecule has 2 amide bonds. The first kappa shape index (κ1) is 26.3. The van der Waals surface area contributed by atoms with E-state index in [1.54, 1.807) is 30.5 Å². The lowest BCUT2D eigenvalue weighted by molar-refractivity contribution is -0.142. The van der Waals surface area contributed by atoms with Gasteiger partial charge in [0.2, 0.25) is 11.8 Å². The van der Waals surface area contributed by atoms with Gasteiger partial charge < -0.3 is 19.3 Å². The molecule has 7 heteroatoms. The van der Waals surface area contributed by atoms with Crippen molar-refractivity contribution in [2.24, 2.45) is 0 Å². The van der Waals surface area contributed by atoms with Gasteiger partial charge in [-0.1, -0.05) is 42.5 Å². The molecule has 35 heavy (non-hydrogen) atoms. The zero-order valence-electron chi connectivity index (χ0n) is 20.9. The molecule has 2 aromatic carbocycles.